The van der Waals surface area contributed by atoms with Gasteiger partial charge in [-0.15, -0.1) is 0 Å². The Labute approximate surface area is 131 Å². The molecule has 2 aliphatic carbocycles. The normalized spacial score (nSPS) is 26.3. The average Bonchev–Trinajstić information content (AvgIpc) is 2.89. The van der Waals surface area contributed by atoms with Gasteiger partial charge in [0.2, 0.25) is 5.88 Å². The molecule has 1 aromatic rings. The SMILES string of the molecule is CCC(C)(F)c1cnc(C)nc1OC1CC2=CC=CCC2C1. The van der Waals surface area contributed by atoms with E-state index in [0.717, 1.165) is 19.3 Å². The molecule has 0 radical (unpaired) electrons. The summed E-state index contributed by atoms with van der Waals surface area (Å²) in [6, 6.07) is 0. The molecule has 3 unspecified atom stereocenters. The van der Waals surface area contributed by atoms with Crippen molar-refractivity contribution in [1.82, 2.24) is 9.97 Å². The summed E-state index contributed by atoms with van der Waals surface area (Å²) in [6.45, 7) is 5.19. The maximum atomic E-state index is 14.7. The van der Waals surface area contributed by atoms with Crippen molar-refractivity contribution in [2.75, 3.05) is 0 Å². The van der Waals surface area contributed by atoms with Crippen LogP contribution in [0, 0.1) is 12.8 Å². The Bertz CT molecular complexity index is 622. The smallest absolute Gasteiger partial charge is 0.223 e. The van der Waals surface area contributed by atoms with Gasteiger partial charge in [-0.25, -0.2) is 9.37 Å². The van der Waals surface area contributed by atoms with Gasteiger partial charge in [-0.1, -0.05) is 30.7 Å². The first-order chi connectivity index (χ1) is 10.5. The topological polar surface area (TPSA) is 35.0 Å². The second-order valence-electron chi connectivity index (χ2n) is 6.47. The quantitative estimate of drug-likeness (QED) is 0.825. The van der Waals surface area contributed by atoms with Crippen molar-refractivity contribution in [2.24, 2.45) is 5.92 Å². The molecule has 0 bridgehead atoms. The third-order valence-corrected chi connectivity index (χ3v) is 4.78. The molecular formula is C18H23FN2O. The van der Waals surface area contributed by atoms with Gasteiger partial charge in [-0.3, -0.25) is 0 Å². The highest BCUT2D eigenvalue weighted by Crippen LogP contribution is 2.40. The van der Waals surface area contributed by atoms with Crippen LogP contribution in [0.5, 0.6) is 5.88 Å². The number of hydrogen-bond acceptors (Lipinski definition) is 3. The van der Waals surface area contributed by atoms with E-state index in [9.17, 15) is 4.39 Å². The fourth-order valence-corrected chi connectivity index (χ4v) is 3.20. The van der Waals surface area contributed by atoms with E-state index in [1.165, 1.54) is 5.57 Å². The van der Waals surface area contributed by atoms with Crippen LogP contribution in [-0.4, -0.2) is 16.1 Å². The summed E-state index contributed by atoms with van der Waals surface area (Å²) in [4.78, 5) is 8.51. The number of halogens is 1. The van der Waals surface area contributed by atoms with Gasteiger partial charge in [0.15, 0.2) is 0 Å². The van der Waals surface area contributed by atoms with Crippen molar-refractivity contribution in [3.63, 3.8) is 0 Å². The van der Waals surface area contributed by atoms with Crippen LogP contribution in [0.2, 0.25) is 0 Å². The molecule has 0 spiro atoms. The molecule has 22 heavy (non-hydrogen) atoms. The number of ether oxygens (including phenoxy) is 1. The minimum absolute atomic E-state index is 0.0804. The van der Waals surface area contributed by atoms with E-state index in [1.807, 2.05) is 6.92 Å². The van der Waals surface area contributed by atoms with E-state index in [-0.39, 0.29) is 6.10 Å². The van der Waals surface area contributed by atoms with Gasteiger partial charge in [0.1, 0.15) is 17.6 Å². The van der Waals surface area contributed by atoms with Gasteiger partial charge >= 0.3 is 0 Å². The monoisotopic (exact) mass is 302 g/mol. The van der Waals surface area contributed by atoms with Crippen LogP contribution >= 0.6 is 0 Å². The molecule has 3 atom stereocenters. The van der Waals surface area contributed by atoms with Crippen LogP contribution in [0.4, 0.5) is 4.39 Å². The molecular weight excluding hydrogens is 279 g/mol. The number of fused-ring (bicyclic) bond motifs is 1. The minimum Gasteiger partial charge on any atom is -0.474 e. The molecule has 3 rings (SSSR count). The van der Waals surface area contributed by atoms with Crippen LogP contribution in [0.3, 0.4) is 0 Å². The third-order valence-electron chi connectivity index (χ3n) is 4.78. The molecule has 0 saturated heterocycles. The van der Waals surface area contributed by atoms with Gasteiger partial charge in [-0.2, -0.15) is 4.98 Å². The van der Waals surface area contributed by atoms with Crippen LogP contribution in [-0.2, 0) is 5.67 Å². The Morgan fingerprint density at radius 2 is 2.27 bits per heavy atom. The summed E-state index contributed by atoms with van der Waals surface area (Å²) >= 11 is 0. The molecule has 0 N–H and O–H groups in total. The maximum absolute atomic E-state index is 14.7. The Morgan fingerprint density at radius 3 is 3.00 bits per heavy atom. The van der Waals surface area contributed by atoms with E-state index < -0.39 is 5.67 Å². The van der Waals surface area contributed by atoms with Crippen LogP contribution in [0.15, 0.2) is 30.0 Å². The second-order valence-corrected chi connectivity index (χ2v) is 6.47. The van der Waals surface area contributed by atoms with E-state index in [0.29, 0.717) is 29.6 Å². The van der Waals surface area contributed by atoms with Gasteiger partial charge in [-0.05, 0) is 39.0 Å². The number of hydrogen-bond donors (Lipinski definition) is 0. The van der Waals surface area contributed by atoms with Crippen molar-refractivity contribution < 1.29 is 9.13 Å². The van der Waals surface area contributed by atoms with E-state index in [1.54, 1.807) is 20.0 Å². The summed E-state index contributed by atoms with van der Waals surface area (Å²) in [7, 11) is 0. The second kappa shape index (κ2) is 5.82. The van der Waals surface area contributed by atoms with Gasteiger partial charge in [0, 0.05) is 12.6 Å². The van der Waals surface area contributed by atoms with Crippen molar-refractivity contribution >= 4 is 0 Å². The summed E-state index contributed by atoms with van der Waals surface area (Å²) in [6.07, 6.45) is 11.5. The number of aryl methyl sites for hydroxylation is 1. The number of alkyl halides is 1. The van der Waals surface area contributed by atoms with E-state index >= 15 is 0 Å². The summed E-state index contributed by atoms with van der Waals surface area (Å²) in [5.41, 5.74) is 0.441. The zero-order valence-electron chi connectivity index (χ0n) is 13.5. The molecule has 3 nitrogen and oxygen atoms in total. The summed E-state index contributed by atoms with van der Waals surface area (Å²) < 4.78 is 20.8. The van der Waals surface area contributed by atoms with Crippen molar-refractivity contribution in [3.05, 3.63) is 41.4 Å². The third kappa shape index (κ3) is 2.92. The van der Waals surface area contributed by atoms with Crippen molar-refractivity contribution in [1.29, 1.82) is 0 Å². The largest absolute Gasteiger partial charge is 0.474 e. The lowest BCUT2D eigenvalue weighted by atomic mass is 9.95. The molecule has 4 heteroatoms. The van der Waals surface area contributed by atoms with Crippen LogP contribution < -0.4 is 4.74 Å². The highest BCUT2D eigenvalue weighted by atomic mass is 19.1. The lowest BCUT2D eigenvalue weighted by Crippen LogP contribution is -2.21. The lowest BCUT2D eigenvalue weighted by Gasteiger charge is -2.23. The van der Waals surface area contributed by atoms with Crippen molar-refractivity contribution in [2.45, 2.75) is 58.2 Å². The summed E-state index contributed by atoms with van der Waals surface area (Å²) in [5, 5.41) is 0. The Morgan fingerprint density at radius 1 is 1.45 bits per heavy atom. The molecule has 0 aromatic carbocycles. The molecule has 1 aromatic heterocycles. The average molecular weight is 302 g/mol. The van der Waals surface area contributed by atoms with E-state index in [2.05, 4.69) is 28.2 Å². The molecule has 0 amide bonds. The van der Waals surface area contributed by atoms with Crippen LogP contribution in [0.25, 0.3) is 0 Å². The maximum Gasteiger partial charge on any atom is 0.223 e. The highest BCUT2D eigenvalue weighted by Gasteiger charge is 2.34. The Kier molecular flexibility index (Phi) is 4.02. The number of allylic oxidation sites excluding steroid dienone is 3. The standard InChI is InChI=1S/C18H23FN2O/c1-4-18(3,19)16-11-20-12(2)21-17(16)22-15-9-13-7-5-6-8-14(13)10-15/h5-7,11,14-15H,4,8-10H2,1-3H3. The van der Waals surface area contributed by atoms with Crippen molar-refractivity contribution in [3.8, 4) is 5.88 Å². The number of nitrogens with zero attached hydrogens (tertiary/aromatic N) is 2. The lowest BCUT2D eigenvalue weighted by molar-refractivity contribution is 0.153. The van der Waals surface area contributed by atoms with Crippen LogP contribution in [0.1, 0.15) is 50.9 Å². The first kappa shape index (κ1) is 15.2. The molecule has 1 heterocycles. The van der Waals surface area contributed by atoms with Gasteiger partial charge in [0.05, 0.1) is 5.56 Å². The molecule has 118 valence electrons. The molecule has 1 saturated carbocycles. The zero-order chi connectivity index (χ0) is 15.7. The summed E-state index contributed by atoms with van der Waals surface area (Å²) in [5.74, 6) is 1.60. The molecule has 0 aliphatic heterocycles. The molecule has 1 fully saturated rings. The van der Waals surface area contributed by atoms with E-state index in [4.69, 9.17) is 4.74 Å². The van der Waals surface area contributed by atoms with Gasteiger partial charge in [0.25, 0.3) is 0 Å². The number of aromatic nitrogens is 2. The first-order valence-corrected chi connectivity index (χ1v) is 8.05. The minimum atomic E-state index is -1.46. The Balaban J connectivity index is 1.82. The first-order valence-electron chi connectivity index (χ1n) is 8.05. The zero-order valence-corrected chi connectivity index (χ0v) is 13.5. The fraction of sp³-hybridized carbons (Fsp3) is 0.556. The predicted molar refractivity (Wildman–Crippen MR) is 84.5 cm³/mol. The number of rotatable bonds is 4. The Hall–Kier alpha value is -1.71. The predicted octanol–water partition coefficient (Wildman–Crippen LogP) is 4.42. The highest BCUT2D eigenvalue weighted by molar-refractivity contribution is 5.31. The molecule has 2 aliphatic rings. The van der Waals surface area contributed by atoms with Gasteiger partial charge < -0.3 is 4.74 Å². The fourth-order valence-electron chi connectivity index (χ4n) is 3.20.